The molecule has 0 saturated carbocycles. The maximum atomic E-state index is 4.77. The molecule has 0 unspecified atom stereocenters. The second-order valence-electron chi connectivity index (χ2n) is 0.925. The van der Waals surface area contributed by atoms with E-state index in [9.17, 15) is 0 Å². The molecule has 0 aromatic heterocycles. The van der Waals surface area contributed by atoms with Crippen LogP contribution in [0.1, 0.15) is 13.8 Å². The number of hydrogen-bond donors (Lipinski definition) is 0. The van der Waals surface area contributed by atoms with Gasteiger partial charge >= 0.3 is 0 Å². The van der Waals surface area contributed by atoms with Gasteiger partial charge in [0.1, 0.15) is 0 Å². The minimum absolute atomic E-state index is 0. The second-order valence-corrected chi connectivity index (χ2v) is 1.50. The van der Waals surface area contributed by atoms with Crippen LogP contribution in [0.25, 0.3) is 0 Å². The summed E-state index contributed by atoms with van der Waals surface area (Å²) >= 11 is 4.57. The van der Waals surface area contributed by atoms with Gasteiger partial charge < -0.3 is 4.74 Å². The fourth-order valence-corrected chi connectivity index (χ4v) is 0.321. The zero-order chi connectivity index (χ0) is 4.99. The van der Waals surface area contributed by atoms with Crippen LogP contribution in [-0.2, 0) is 4.74 Å². The van der Waals surface area contributed by atoms with Gasteiger partial charge in [-0.2, -0.15) is 0 Å². The van der Waals surface area contributed by atoms with Gasteiger partial charge in [-0.25, -0.2) is 0 Å². The summed E-state index contributed by atoms with van der Waals surface area (Å²) in [5.74, 6) is 0. The van der Waals surface area contributed by atoms with Crippen molar-refractivity contribution >= 4 is 68.7 Å². The average Bonchev–Trinajstić information content (AvgIpc) is 1.35. The van der Waals surface area contributed by atoms with E-state index in [1.54, 1.807) is 6.92 Å². The third kappa shape index (κ3) is 11.2. The van der Waals surface area contributed by atoms with Crippen LogP contribution >= 0.6 is 12.2 Å². The summed E-state index contributed by atoms with van der Waals surface area (Å²) in [5, 5.41) is 0.623. The number of ether oxygens (including phenoxy) is 1. The Balaban J connectivity index is 0. The first-order chi connectivity index (χ1) is 2.77. The Morgan fingerprint density at radius 2 is 2.14 bits per heavy atom. The van der Waals surface area contributed by atoms with Crippen molar-refractivity contribution < 1.29 is 4.74 Å². The standard InChI is InChI=1S/C4H8OS.K/c1-3-5-4(2)6;/h3H2,1-2H3;. The molecule has 0 rings (SSSR count). The van der Waals surface area contributed by atoms with Gasteiger partial charge in [-0.3, -0.25) is 0 Å². The van der Waals surface area contributed by atoms with E-state index in [0.29, 0.717) is 11.7 Å². The summed E-state index contributed by atoms with van der Waals surface area (Å²) in [6.45, 7) is 4.37. The third-order valence-electron chi connectivity index (χ3n) is 0.348. The van der Waals surface area contributed by atoms with Crippen molar-refractivity contribution in [3.05, 3.63) is 0 Å². The summed E-state index contributed by atoms with van der Waals surface area (Å²) < 4.78 is 4.77. The largest absolute Gasteiger partial charge is 0.488 e. The maximum absolute atomic E-state index is 4.77. The first-order valence-corrected chi connectivity index (χ1v) is 2.31. The SMILES string of the molecule is CCOC(C)=S.[K]. The molecule has 1 nitrogen and oxygen atoms in total. The number of thiocarbonyl (C=S) groups is 1. The first-order valence-electron chi connectivity index (χ1n) is 1.90. The fraction of sp³-hybridized carbons (Fsp3) is 0.750. The van der Waals surface area contributed by atoms with E-state index in [-0.39, 0.29) is 51.4 Å². The van der Waals surface area contributed by atoms with Gasteiger partial charge in [0.05, 0.1) is 6.61 Å². The van der Waals surface area contributed by atoms with E-state index in [1.807, 2.05) is 6.92 Å². The van der Waals surface area contributed by atoms with Crippen LogP contribution in [0.2, 0.25) is 0 Å². The van der Waals surface area contributed by atoms with Crippen LogP contribution in [0.15, 0.2) is 0 Å². The predicted molar refractivity (Wildman–Crippen MR) is 35.7 cm³/mol. The van der Waals surface area contributed by atoms with Crippen LogP contribution in [0.3, 0.4) is 0 Å². The molecule has 0 aliphatic carbocycles. The van der Waals surface area contributed by atoms with Crippen LogP contribution in [-0.4, -0.2) is 63.0 Å². The molecule has 0 N–H and O–H groups in total. The molecule has 0 aliphatic heterocycles. The molecule has 0 aliphatic rings. The quantitative estimate of drug-likeness (QED) is 0.400. The topological polar surface area (TPSA) is 9.23 Å². The fourth-order valence-electron chi connectivity index (χ4n) is 0.203. The molecule has 0 aromatic carbocycles. The summed E-state index contributed by atoms with van der Waals surface area (Å²) in [6.07, 6.45) is 0. The van der Waals surface area contributed by atoms with Gasteiger partial charge in [-0.15, -0.1) is 0 Å². The Morgan fingerprint density at radius 3 is 2.14 bits per heavy atom. The molecule has 0 heterocycles. The molecule has 0 bridgehead atoms. The summed E-state index contributed by atoms with van der Waals surface area (Å²) in [4.78, 5) is 0. The zero-order valence-electron chi connectivity index (χ0n) is 5.02. The van der Waals surface area contributed by atoms with E-state index in [2.05, 4.69) is 12.2 Å². The van der Waals surface area contributed by atoms with E-state index < -0.39 is 0 Å². The van der Waals surface area contributed by atoms with Crippen molar-refractivity contribution in [2.45, 2.75) is 13.8 Å². The van der Waals surface area contributed by atoms with E-state index >= 15 is 0 Å². The molecule has 0 fully saturated rings. The van der Waals surface area contributed by atoms with Crippen molar-refractivity contribution in [3.63, 3.8) is 0 Å². The number of rotatable bonds is 1. The minimum Gasteiger partial charge on any atom is -0.488 e. The van der Waals surface area contributed by atoms with Crippen LogP contribution in [0.4, 0.5) is 0 Å². The van der Waals surface area contributed by atoms with Gasteiger partial charge in [0.25, 0.3) is 0 Å². The molecule has 0 aromatic rings. The van der Waals surface area contributed by atoms with E-state index in [4.69, 9.17) is 4.74 Å². The molecule has 3 heteroatoms. The Hall–Kier alpha value is 1.53. The van der Waals surface area contributed by atoms with Crippen molar-refractivity contribution in [3.8, 4) is 0 Å². The minimum atomic E-state index is 0. The van der Waals surface area contributed by atoms with Crippen molar-refractivity contribution in [1.82, 2.24) is 0 Å². The predicted octanol–water partition coefficient (Wildman–Crippen LogP) is 0.989. The molecule has 0 spiro atoms. The molecular weight excluding hydrogens is 135 g/mol. The third-order valence-corrected chi connectivity index (χ3v) is 0.465. The summed E-state index contributed by atoms with van der Waals surface area (Å²) in [6, 6.07) is 0. The van der Waals surface area contributed by atoms with Gasteiger partial charge in [-0.05, 0) is 19.1 Å². The molecule has 0 amide bonds. The Bertz CT molecular complexity index is 55.7. The molecule has 7 heavy (non-hydrogen) atoms. The van der Waals surface area contributed by atoms with Crippen molar-refractivity contribution in [2.75, 3.05) is 6.61 Å². The average molecular weight is 143 g/mol. The Labute approximate surface area is 92.2 Å². The van der Waals surface area contributed by atoms with E-state index in [0.717, 1.165) is 0 Å². The van der Waals surface area contributed by atoms with Crippen LogP contribution < -0.4 is 0 Å². The molecule has 0 saturated heterocycles. The van der Waals surface area contributed by atoms with Crippen molar-refractivity contribution in [2.24, 2.45) is 0 Å². The van der Waals surface area contributed by atoms with Crippen LogP contribution in [0.5, 0.6) is 0 Å². The summed E-state index contributed by atoms with van der Waals surface area (Å²) in [7, 11) is 0. The Morgan fingerprint density at radius 1 is 1.71 bits per heavy atom. The molecule has 1 radical (unpaired) electrons. The summed E-state index contributed by atoms with van der Waals surface area (Å²) in [5.41, 5.74) is 0. The molecular formula is C4H8KOS. The van der Waals surface area contributed by atoms with E-state index in [1.165, 1.54) is 0 Å². The second kappa shape index (κ2) is 7.53. The van der Waals surface area contributed by atoms with Gasteiger partial charge in [0, 0.05) is 58.3 Å². The smallest absolute Gasteiger partial charge is 0.156 e. The van der Waals surface area contributed by atoms with Gasteiger partial charge in [-0.1, -0.05) is 0 Å². The Kier molecular flexibility index (Phi) is 12.2. The van der Waals surface area contributed by atoms with Gasteiger partial charge in [0.2, 0.25) is 0 Å². The number of hydrogen-bond acceptors (Lipinski definition) is 2. The van der Waals surface area contributed by atoms with Crippen molar-refractivity contribution in [1.29, 1.82) is 0 Å². The molecule has 37 valence electrons. The monoisotopic (exact) mass is 143 g/mol. The zero-order valence-corrected chi connectivity index (χ0v) is 8.96. The molecule has 0 atom stereocenters. The van der Waals surface area contributed by atoms with Crippen LogP contribution in [0, 0.1) is 0 Å². The van der Waals surface area contributed by atoms with Gasteiger partial charge in [0.15, 0.2) is 5.05 Å². The maximum Gasteiger partial charge on any atom is 0.156 e. The normalized spacial score (nSPS) is 6.57. The first kappa shape index (κ1) is 11.3.